The molecule has 0 spiro atoms. The first-order chi connectivity index (χ1) is 10.1. The van der Waals surface area contributed by atoms with Crippen molar-refractivity contribution < 1.29 is 19.5 Å². The highest BCUT2D eigenvalue weighted by atomic mass is 16.7. The van der Waals surface area contributed by atoms with Crippen LogP contribution in [0.1, 0.15) is 25.6 Å². The van der Waals surface area contributed by atoms with Gasteiger partial charge in [0, 0.05) is 13.5 Å². The number of H-pyrrole nitrogens is 1. The summed E-state index contributed by atoms with van der Waals surface area (Å²) in [5.74, 6) is -0.833. The smallest absolute Gasteiger partial charge is 0.332 e. The lowest BCUT2D eigenvalue weighted by Gasteiger charge is -2.37. The zero-order chi connectivity index (χ0) is 15.2. The summed E-state index contributed by atoms with van der Waals surface area (Å²) >= 11 is 0. The molecule has 2 N–H and O–H groups in total. The number of amides is 1. The average Bonchev–Trinajstić information content (AvgIpc) is 2.91. The van der Waals surface area contributed by atoms with Crippen LogP contribution in [0.3, 0.4) is 0 Å². The van der Waals surface area contributed by atoms with Gasteiger partial charge in [0.1, 0.15) is 0 Å². The van der Waals surface area contributed by atoms with E-state index in [-0.39, 0.29) is 11.9 Å². The van der Waals surface area contributed by atoms with Crippen molar-refractivity contribution >= 4 is 11.9 Å². The number of aromatic nitrogens is 4. The Bertz CT molecular complexity index is 479. The Labute approximate surface area is 121 Å². The van der Waals surface area contributed by atoms with Crippen LogP contribution >= 0.6 is 0 Å². The molecular weight excluding hydrogens is 280 g/mol. The predicted molar refractivity (Wildman–Crippen MR) is 68.6 cm³/mol. The standard InChI is InChI=1S/C11H18N6O4/c1-8(18)17(21-7-11(19)20)9-3-2-4-16(5-9)6-10-12-14-15-13-10/h9H,2-7H2,1H3,(H,19,20)(H,12,13,14,15). The van der Waals surface area contributed by atoms with Gasteiger partial charge in [0.25, 0.3) is 0 Å². The van der Waals surface area contributed by atoms with Crippen LogP contribution in [-0.2, 0) is 21.0 Å². The fourth-order valence-corrected chi connectivity index (χ4v) is 2.39. The lowest BCUT2D eigenvalue weighted by atomic mass is 10.1. The van der Waals surface area contributed by atoms with Crippen molar-refractivity contribution in [1.29, 1.82) is 0 Å². The highest BCUT2D eigenvalue weighted by Crippen LogP contribution is 2.17. The maximum atomic E-state index is 11.6. The van der Waals surface area contributed by atoms with Crippen molar-refractivity contribution in [1.82, 2.24) is 30.6 Å². The minimum absolute atomic E-state index is 0.178. The van der Waals surface area contributed by atoms with Crippen LogP contribution in [-0.4, -0.2) is 73.3 Å². The third kappa shape index (κ3) is 4.46. The molecule has 21 heavy (non-hydrogen) atoms. The number of piperidine rings is 1. The molecule has 0 aromatic carbocycles. The second-order valence-electron chi connectivity index (χ2n) is 4.87. The van der Waals surface area contributed by atoms with E-state index in [4.69, 9.17) is 9.94 Å². The molecule has 1 fully saturated rings. The zero-order valence-electron chi connectivity index (χ0n) is 11.7. The van der Waals surface area contributed by atoms with Gasteiger partial charge in [0.2, 0.25) is 5.91 Å². The quantitative estimate of drug-likeness (QED) is 0.643. The molecule has 1 saturated heterocycles. The molecule has 2 heterocycles. The van der Waals surface area contributed by atoms with Crippen LogP contribution < -0.4 is 0 Å². The molecule has 1 aliphatic rings. The number of likely N-dealkylation sites (tertiary alicyclic amines) is 1. The van der Waals surface area contributed by atoms with Gasteiger partial charge in [0.05, 0.1) is 12.6 Å². The number of nitrogens with one attached hydrogen (secondary N) is 1. The highest BCUT2D eigenvalue weighted by molar-refractivity contribution is 5.73. The van der Waals surface area contributed by atoms with E-state index in [0.717, 1.165) is 24.4 Å². The van der Waals surface area contributed by atoms with Gasteiger partial charge in [-0.05, 0) is 19.4 Å². The van der Waals surface area contributed by atoms with Crippen LogP contribution in [0.2, 0.25) is 0 Å². The number of tetrazole rings is 1. The first-order valence-corrected chi connectivity index (χ1v) is 6.65. The van der Waals surface area contributed by atoms with Gasteiger partial charge in [-0.15, -0.1) is 10.2 Å². The van der Waals surface area contributed by atoms with E-state index >= 15 is 0 Å². The molecule has 0 aliphatic carbocycles. The Kier molecular flexibility index (Phi) is 5.17. The van der Waals surface area contributed by atoms with Gasteiger partial charge in [-0.25, -0.2) is 9.86 Å². The van der Waals surface area contributed by atoms with Gasteiger partial charge in [-0.3, -0.25) is 14.5 Å². The summed E-state index contributed by atoms with van der Waals surface area (Å²) in [7, 11) is 0. The molecule has 1 aliphatic heterocycles. The number of aliphatic carboxylic acids is 1. The Balaban J connectivity index is 1.93. The molecule has 10 heteroatoms. The summed E-state index contributed by atoms with van der Waals surface area (Å²) < 4.78 is 0. The lowest BCUT2D eigenvalue weighted by Crippen LogP contribution is -2.49. The minimum atomic E-state index is -1.11. The first-order valence-electron chi connectivity index (χ1n) is 6.65. The van der Waals surface area contributed by atoms with Gasteiger partial charge in [-0.1, -0.05) is 5.21 Å². The number of hydroxylamine groups is 2. The van der Waals surface area contributed by atoms with Crippen molar-refractivity contribution in [2.24, 2.45) is 0 Å². The third-order valence-corrected chi connectivity index (χ3v) is 3.20. The van der Waals surface area contributed by atoms with Gasteiger partial charge >= 0.3 is 5.97 Å². The summed E-state index contributed by atoms with van der Waals surface area (Å²) in [5.41, 5.74) is 0. The molecule has 1 aromatic rings. The Hall–Kier alpha value is -2.07. The molecule has 1 unspecified atom stereocenters. The number of hydrogen-bond acceptors (Lipinski definition) is 7. The van der Waals surface area contributed by atoms with E-state index < -0.39 is 12.6 Å². The molecule has 1 aromatic heterocycles. The van der Waals surface area contributed by atoms with E-state index in [1.807, 2.05) is 0 Å². The molecule has 1 amide bonds. The summed E-state index contributed by atoms with van der Waals surface area (Å²) in [5, 5.41) is 23.5. The largest absolute Gasteiger partial charge is 0.479 e. The first kappa shape index (κ1) is 15.3. The number of carbonyl (C=O) groups is 2. The molecule has 10 nitrogen and oxygen atoms in total. The number of rotatable bonds is 6. The fourth-order valence-electron chi connectivity index (χ4n) is 2.39. The van der Waals surface area contributed by atoms with Gasteiger partial charge in [0.15, 0.2) is 12.4 Å². The molecule has 1 atom stereocenters. The van der Waals surface area contributed by atoms with Crippen LogP contribution in [0.5, 0.6) is 0 Å². The topological polar surface area (TPSA) is 125 Å². The van der Waals surface area contributed by atoms with Crippen molar-refractivity contribution in [2.45, 2.75) is 32.4 Å². The molecule has 0 radical (unpaired) electrons. The monoisotopic (exact) mass is 298 g/mol. The highest BCUT2D eigenvalue weighted by Gasteiger charge is 2.29. The molecule has 2 rings (SSSR count). The van der Waals surface area contributed by atoms with E-state index in [1.54, 1.807) is 0 Å². The second-order valence-corrected chi connectivity index (χ2v) is 4.87. The van der Waals surface area contributed by atoms with Crippen LogP contribution in [0, 0.1) is 0 Å². The Morgan fingerprint density at radius 2 is 2.38 bits per heavy atom. The van der Waals surface area contributed by atoms with Crippen LogP contribution in [0.25, 0.3) is 0 Å². The summed E-state index contributed by atoms with van der Waals surface area (Å²) in [6, 6.07) is -0.178. The number of carboxylic acids is 1. The summed E-state index contributed by atoms with van der Waals surface area (Å²) in [6.07, 6.45) is 1.64. The number of carbonyl (C=O) groups excluding carboxylic acids is 1. The zero-order valence-corrected chi connectivity index (χ0v) is 11.7. The van der Waals surface area contributed by atoms with Crippen LogP contribution in [0.15, 0.2) is 0 Å². The fraction of sp³-hybridized carbons (Fsp3) is 0.727. The maximum Gasteiger partial charge on any atom is 0.332 e. The van der Waals surface area contributed by atoms with Crippen molar-refractivity contribution in [3.05, 3.63) is 5.82 Å². The number of carboxylic acid groups (broad SMARTS) is 1. The van der Waals surface area contributed by atoms with Gasteiger partial charge < -0.3 is 5.11 Å². The second kappa shape index (κ2) is 7.09. The Morgan fingerprint density at radius 3 is 3.00 bits per heavy atom. The molecule has 0 saturated carbocycles. The van der Waals surface area contributed by atoms with E-state index in [2.05, 4.69) is 25.5 Å². The van der Waals surface area contributed by atoms with Gasteiger partial charge in [-0.2, -0.15) is 5.21 Å². The molecule has 0 bridgehead atoms. The van der Waals surface area contributed by atoms with E-state index in [1.165, 1.54) is 6.92 Å². The lowest BCUT2D eigenvalue weighted by molar-refractivity contribution is -0.207. The summed E-state index contributed by atoms with van der Waals surface area (Å²) in [4.78, 5) is 29.4. The minimum Gasteiger partial charge on any atom is -0.479 e. The molecular formula is C11H18N6O4. The SMILES string of the molecule is CC(=O)N(OCC(=O)O)C1CCCN(Cc2nn[nH]n2)C1. The van der Waals surface area contributed by atoms with E-state index in [9.17, 15) is 9.59 Å². The predicted octanol–water partition coefficient (Wildman–Crippen LogP) is -0.971. The number of hydrogen-bond donors (Lipinski definition) is 2. The summed E-state index contributed by atoms with van der Waals surface area (Å²) in [6.45, 7) is 2.79. The number of aromatic amines is 1. The van der Waals surface area contributed by atoms with Crippen molar-refractivity contribution in [3.63, 3.8) is 0 Å². The Morgan fingerprint density at radius 1 is 1.57 bits per heavy atom. The third-order valence-electron chi connectivity index (χ3n) is 3.20. The maximum absolute atomic E-state index is 11.6. The van der Waals surface area contributed by atoms with Crippen molar-refractivity contribution in [2.75, 3.05) is 19.7 Å². The van der Waals surface area contributed by atoms with Crippen LogP contribution in [0.4, 0.5) is 0 Å². The number of nitrogens with zero attached hydrogens (tertiary/aromatic N) is 5. The average molecular weight is 298 g/mol. The normalized spacial score (nSPS) is 19.4. The molecule has 116 valence electrons. The van der Waals surface area contributed by atoms with Crippen molar-refractivity contribution in [3.8, 4) is 0 Å². The van der Waals surface area contributed by atoms with E-state index in [0.29, 0.717) is 18.9 Å².